The number of fused-ring (bicyclic) bond motifs is 1. The first kappa shape index (κ1) is 16.6. The van der Waals surface area contributed by atoms with Crippen molar-refractivity contribution in [3.05, 3.63) is 64.0 Å². The highest BCUT2D eigenvalue weighted by Gasteiger charge is 2.27. The molecule has 1 aromatic heterocycles. The summed E-state index contributed by atoms with van der Waals surface area (Å²) in [6.45, 7) is 0.326. The van der Waals surface area contributed by atoms with Crippen molar-refractivity contribution in [2.24, 2.45) is 0 Å². The van der Waals surface area contributed by atoms with Gasteiger partial charge in [0, 0.05) is 15.8 Å². The number of benzene rings is 2. The van der Waals surface area contributed by atoms with Gasteiger partial charge in [-0.2, -0.15) is 0 Å². The summed E-state index contributed by atoms with van der Waals surface area (Å²) < 4.78 is 17.2. The van der Waals surface area contributed by atoms with E-state index in [4.69, 9.17) is 37.1 Å². The molecule has 1 aliphatic heterocycles. The zero-order valence-corrected chi connectivity index (χ0v) is 15.1. The molecule has 0 N–H and O–H groups in total. The third kappa shape index (κ3) is 3.71. The number of aromatic nitrogens is 2. The van der Waals surface area contributed by atoms with Gasteiger partial charge in [0.15, 0.2) is 11.5 Å². The fraction of sp³-hybridized carbons (Fsp3) is 0.176. The topological polar surface area (TPSA) is 57.4 Å². The Hall–Kier alpha value is -1.89. The number of nitrogens with zero attached hydrogens (tertiary/aromatic N) is 2. The Labute approximate surface area is 158 Å². The van der Waals surface area contributed by atoms with Gasteiger partial charge in [-0.1, -0.05) is 53.2 Å². The monoisotopic (exact) mass is 394 g/mol. The third-order valence-corrected chi connectivity index (χ3v) is 5.03. The lowest BCUT2D eigenvalue weighted by atomic mass is 10.2. The van der Waals surface area contributed by atoms with E-state index in [1.807, 2.05) is 30.3 Å². The summed E-state index contributed by atoms with van der Waals surface area (Å²) in [7, 11) is 0. The van der Waals surface area contributed by atoms with Crippen LogP contribution >= 0.6 is 35.0 Å². The van der Waals surface area contributed by atoms with Gasteiger partial charge in [-0.05, 0) is 29.8 Å². The number of hydrogen-bond acceptors (Lipinski definition) is 6. The molecule has 8 heteroatoms. The summed E-state index contributed by atoms with van der Waals surface area (Å²) in [6, 6.07) is 12.9. The normalized spacial score (nSPS) is 16.0. The maximum absolute atomic E-state index is 6.17. The Morgan fingerprint density at radius 2 is 1.92 bits per heavy atom. The second-order valence-corrected chi connectivity index (χ2v) is 7.07. The van der Waals surface area contributed by atoms with E-state index < -0.39 is 6.10 Å². The Morgan fingerprint density at radius 1 is 1.08 bits per heavy atom. The standard InChI is InChI=1S/C17H12Cl2N2O3S/c18-11-6-5-10(12(19)7-11)9-25-17-21-20-16(24-17)15-8-22-13-3-1-2-4-14(13)23-15/h1-7,15H,8-9H2/t15-/m0/s1. The quantitative estimate of drug-likeness (QED) is 0.568. The van der Waals surface area contributed by atoms with Crippen molar-refractivity contribution in [1.82, 2.24) is 10.2 Å². The number of thioether (sulfide) groups is 1. The van der Waals surface area contributed by atoms with Gasteiger partial charge in [-0.3, -0.25) is 0 Å². The molecule has 0 radical (unpaired) electrons. The van der Waals surface area contributed by atoms with E-state index in [9.17, 15) is 0 Å². The van der Waals surface area contributed by atoms with Crippen molar-refractivity contribution in [2.45, 2.75) is 17.1 Å². The van der Waals surface area contributed by atoms with Crippen molar-refractivity contribution in [1.29, 1.82) is 0 Å². The number of rotatable bonds is 4. The summed E-state index contributed by atoms with van der Waals surface area (Å²) in [4.78, 5) is 0. The lowest BCUT2D eigenvalue weighted by Crippen LogP contribution is -2.21. The first-order valence-corrected chi connectivity index (χ1v) is 9.22. The van der Waals surface area contributed by atoms with Crippen LogP contribution in [0.25, 0.3) is 0 Å². The van der Waals surface area contributed by atoms with E-state index >= 15 is 0 Å². The Kier molecular flexibility index (Phi) is 4.74. The van der Waals surface area contributed by atoms with Crippen molar-refractivity contribution in [2.75, 3.05) is 6.61 Å². The summed E-state index contributed by atoms with van der Waals surface area (Å²) in [5, 5.41) is 9.78. The summed E-state index contributed by atoms with van der Waals surface area (Å²) in [5.41, 5.74) is 0.946. The van der Waals surface area contributed by atoms with Gasteiger partial charge in [0.25, 0.3) is 11.1 Å². The SMILES string of the molecule is Clc1ccc(CSc2nnc([C@@H]3COc4ccccc4O3)o2)c(Cl)c1. The van der Waals surface area contributed by atoms with Crippen LogP contribution in [-0.2, 0) is 5.75 Å². The maximum Gasteiger partial charge on any atom is 0.277 e. The third-order valence-electron chi connectivity index (χ3n) is 3.57. The number of halogens is 2. The fourth-order valence-corrected chi connectivity index (χ4v) is 3.66. The highest BCUT2D eigenvalue weighted by Crippen LogP contribution is 2.36. The summed E-state index contributed by atoms with van der Waals surface area (Å²) >= 11 is 13.5. The van der Waals surface area contributed by atoms with Crippen LogP contribution in [0.1, 0.15) is 17.6 Å². The largest absolute Gasteiger partial charge is 0.485 e. The van der Waals surface area contributed by atoms with Crippen LogP contribution in [0.2, 0.25) is 10.0 Å². The number of ether oxygens (including phenoxy) is 2. The van der Waals surface area contributed by atoms with Gasteiger partial charge < -0.3 is 13.9 Å². The zero-order chi connectivity index (χ0) is 17.2. The van der Waals surface area contributed by atoms with E-state index in [2.05, 4.69) is 10.2 Å². The van der Waals surface area contributed by atoms with Crippen molar-refractivity contribution >= 4 is 35.0 Å². The molecule has 0 saturated carbocycles. The first-order valence-electron chi connectivity index (χ1n) is 7.47. The zero-order valence-electron chi connectivity index (χ0n) is 12.8. The molecule has 128 valence electrons. The molecule has 0 amide bonds. The molecule has 0 unspecified atom stereocenters. The van der Waals surface area contributed by atoms with Crippen molar-refractivity contribution in [3.63, 3.8) is 0 Å². The van der Waals surface area contributed by atoms with E-state index in [1.54, 1.807) is 12.1 Å². The van der Waals surface area contributed by atoms with Crippen molar-refractivity contribution in [3.8, 4) is 11.5 Å². The van der Waals surface area contributed by atoms with E-state index in [1.165, 1.54) is 11.8 Å². The molecule has 1 aliphatic rings. The van der Waals surface area contributed by atoms with E-state index in [0.29, 0.717) is 45.0 Å². The van der Waals surface area contributed by atoms with E-state index in [-0.39, 0.29) is 0 Å². The van der Waals surface area contributed by atoms with Gasteiger partial charge in [0.2, 0.25) is 6.10 Å². The van der Waals surface area contributed by atoms with Crippen molar-refractivity contribution < 1.29 is 13.9 Å². The molecule has 2 aromatic carbocycles. The molecular formula is C17H12Cl2N2O3S. The molecular weight excluding hydrogens is 383 g/mol. The average molecular weight is 395 g/mol. The molecule has 25 heavy (non-hydrogen) atoms. The van der Waals surface area contributed by atoms with Crippen LogP contribution in [0.4, 0.5) is 0 Å². The van der Waals surface area contributed by atoms with Gasteiger partial charge in [0.1, 0.15) is 6.61 Å². The number of para-hydroxylation sites is 2. The fourth-order valence-electron chi connectivity index (χ4n) is 2.33. The highest BCUT2D eigenvalue weighted by atomic mass is 35.5. The molecule has 0 spiro atoms. The Balaban J connectivity index is 1.42. The summed E-state index contributed by atoms with van der Waals surface area (Å²) in [5.74, 6) is 2.37. The molecule has 5 nitrogen and oxygen atoms in total. The molecule has 0 fully saturated rings. The highest BCUT2D eigenvalue weighted by molar-refractivity contribution is 7.98. The van der Waals surface area contributed by atoms with Crippen LogP contribution in [0.5, 0.6) is 11.5 Å². The minimum atomic E-state index is -0.420. The van der Waals surface area contributed by atoms with Crippen LogP contribution in [0, 0.1) is 0 Å². The Bertz CT molecular complexity index is 903. The van der Waals surface area contributed by atoms with Crippen LogP contribution < -0.4 is 9.47 Å². The van der Waals surface area contributed by atoms with Gasteiger partial charge in [-0.15, -0.1) is 10.2 Å². The minimum Gasteiger partial charge on any atom is -0.485 e. The molecule has 3 aromatic rings. The second kappa shape index (κ2) is 7.15. The lowest BCUT2D eigenvalue weighted by Gasteiger charge is -2.23. The second-order valence-electron chi connectivity index (χ2n) is 5.29. The smallest absolute Gasteiger partial charge is 0.277 e. The maximum atomic E-state index is 6.17. The molecule has 0 saturated heterocycles. The molecule has 0 bridgehead atoms. The molecule has 0 aliphatic carbocycles. The van der Waals surface area contributed by atoms with Crippen LogP contribution in [0.15, 0.2) is 52.1 Å². The molecule has 4 rings (SSSR count). The Morgan fingerprint density at radius 3 is 2.76 bits per heavy atom. The van der Waals surface area contributed by atoms with Gasteiger partial charge in [-0.25, -0.2) is 0 Å². The minimum absolute atomic E-state index is 0.326. The molecule has 1 atom stereocenters. The molecule has 2 heterocycles. The predicted molar refractivity (Wildman–Crippen MR) is 95.6 cm³/mol. The van der Waals surface area contributed by atoms with Gasteiger partial charge >= 0.3 is 0 Å². The number of hydrogen-bond donors (Lipinski definition) is 0. The first-order chi connectivity index (χ1) is 12.2. The van der Waals surface area contributed by atoms with Crippen LogP contribution in [0.3, 0.4) is 0 Å². The predicted octanol–water partition coefficient (Wildman–Crippen LogP) is 5.18. The average Bonchev–Trinajstić information content (AvgIpc) is 3.09. The summed E-state index contributed by atoms with van der Waals surface area (Å²) in [6.07, 6.45) is -0.420. The van der Waals surface area contributed by atoms with Gasteiger partial charge in [0.05, 0.1) is 0 Å². The van der Waals surface area contributed by atoms with Crippen LogP contribution in [-0.4, -0.2) is 16.8 Å². The lowest BCUT2D eigenvalue weighted by molar-refractivity contribution is 0.0686. The van der Waals surface area contributed by atoms with E-state index in [0.717, 1.165) is 5.56 Å².